The van der Waals surface area contributed by atoms with Gasteiger partial charge in [-0.05, 0) is 33.6 Å². The fourth-order valence-corrected chi connectivity index (χ4v) is 3.14. The zero-order valence-corrected chi connectivity index (χ0v) is 14.4. The maximum atomic E-state index is 12.8. The first-order valence-corrected chi connectivity index (χ1v) is 8.22. The highest BCUT2D eigenvalue weighted by Crippen LogP contribution is 2.33. The van der Waals surface area contributed by atoms with E-state index in [-0.39, 0.29) is 12.1 Å². The Balaban J connectivity index is 1.74. The van der Waals surface area contributed by atoms with Gasteiger partial charge < -0.3 is 14.5 Å². The Morgan fingerprint density at radius 2 is 2.00 bits per heavy atom. The third-order valence-corrected chi connectivity index (χ3v) is 4.23. The highest BCUT2D eigenvalue weighted by atomic mass is 19.4. The molecule has 1 saturated heterocycles. The minimum absolute atomic E-state index is 0.0137. The van der Waals surface area contributed by atoms with E-state index in [2.05, 4.69) is 9.97 Å². The number of piperazine rings is 1. The Bertz CT molecular complexity index is 672. The second kappa shape index (κ2) is 6.03. The number of rotatable bonds is 0. The normalized spacial score (nSPS) is 20.8. The molecule has 6 nitrogen and oxygen atoms in total. The van der Waals surface area contributed by atoms with Crippen molar-refractivity contribution in [2.24, 2.45) is 0 Å². The van der Waals surface area contributed by atoms with Gasteiger partial charge in [-0.2, -0.15) is 13.2 Å². The summed E-state index contributed by atoms with van der Waals surface area (Å²) in [6, 6.07) is 0.0137. The summed E-state index contributed by atoms with van der Waals surface area (Å²) in [4.78, 5) is 23.6. The van der Waals surface area contributed by atoms with Crippen LogP contribution < -0.4 is 4.90 Å². The predicted molar refractivity (Wildman–Crippen MR) is 84.3 cm³/mol. The minimum Gasteiger partial charge on any atom is -0.444 e. The number of aromatic nitrogens is 2. The van der Waals surface area contributed by atoms with Gasteiger partial charge in [-0.3, -0.25) is 0 Å². The van der Waals surface area contributed by atoms with Gasteiger partial charge in [0.1, 0.15) is 5.60 Å². The minimum atomic E-state index is -4.49. The summed E-state index contributed by atoms with van der Waals surface area (Å²) in [6.07, 6.45) is -3.04. The molecule has 0 unspecified atom stereocenters. The van der Waals surface area contributed by atoms with Gasteiger partial charge in [0.15, 0.2) is 11.5 Å². The molecule has 1 atom stereocenters. The average Bonchev–Trinajstić information content (AvgIpc) is 2.51. The maximum absolute atomic E-state index is 12.8. The number of halogens is 3. The summed E-state index contributed by atoms with van der Waals surface area (Å²) in [5.74, 6) is 0.494. The molecular weight excluding hydrogens is 337 g/mol. The van der Waals surface area contributed by atoms with Gasteiger partial charge >= 0.3 is 12.3 Å². The molecule has 1 amide bonds. The van der Waals surface area contributed by atoms with Gasteiger partial charge in [-0.15, -0.1) is 0 Å². The van der Waals surface area contributed by atoms with Crippen molar-refractivity contribution in [3.8, 4) is 0 Å². The Hall–Kier alpha value is -2.06. The molecule has 0 N–H and O–H groups in total. The summed E-state index contributed by atoms with van der Waals surface area (Å²) >= 11 is 0. The smallest absolute Gasteiger partial charge is 0.434 e. The number of hydrogen-bond acceptors (Lipinski definition) is 5. The highest BCUT2D eigenvalue weighted by molar-refractivity contribution is 5.69. The molecule has 0 bridgehead atoms. The van der Waals surface area contributed by atoms with E-state index in [1.807, 2.05) is 25.7 Å². The second-order valence-electron chi connectivity index (χ2n) is 7.34. The molecule has 2 aliphatic heterocycles. The van der Waals surface area contributed by atoms with Crippen molar-refractivity contribution >= 4 is 11.9 Å². The zero-order valence-electron chi connectivity index (χ0n) is 14.4. The molecule has 0 spiro atoms. The van der Waals surface area contributed by atoms with Gasteiger partial charge in [0.25, 0.3) is 0 Å². The lowest BCUT2D eigenvalue weighted by molar-refractivity contribution is -0.141. The van der Waals surface area contributed by atoms with Crippen LogP contribution in [0.4, 0.5) is 23.8 Å². The molecule has 2 aliphatic rings. The number of nitrogens with zero attached hydrogens (tertiary/aromatic N) is 4. The molecular formula is C16H21F3N4O2. The molecule has 0 aromatic carbocycles. The summed E-state index contributed by atoms with van der Waals surface area (Å²) in [7, 11) is 0. The molecule has 3 rings (SSSR count). The fraction of sp³-hybridized carbons (Fsp3) is 0.688. The molecule has 1 fully saturated rings. The molecule has 25 heavy (non-hydrogen) atoms. The van der Waals surface area contributed by atoms with Crippen LogP contribution in [0.15, 0.2) is 6.20 Å². The Morgan fingerprint density at radius 1 is 1.28 bits per heavy atom. The summed E-state index contributed by atoms with van der Waals surface area (Å²) in [5.41, 5.74) is -1.15. The van der Waals surface area contributed by atoms with Gasteiger partial charge in [-0.1, -0.05) is 0 Å². The first-order chi connectivity index (χ1) is 11.5. The number of fused-ring (bicyclic) bond motifs is 3. The summed E-state index contributed by atoms with van der Waals surface area (Å²) in [6.45, 7) is 6.84. The summed E-state index contributed by atoms with van der Waals surface area (Å²) in [5, 5.41) is 0. The molecule has 0 radical (unpaired) electrons. The quantitative estimate of drug-likeness (QED) is 0.714. The van der Waals surface area contributed by atoms with Crippen LogP contribution in [0.2, 0.25) is 0 Å². The van der Waals surface area contributed by atoms with Gasteiger partial charge in [-0.25, -0.2) is 14.8 Å². The van der Waals surface area contributed by atoms with E-state index in [0.717, 1.165) is 6.20 Å². The highest BCUT2D eigenvalue weighted by Gasteiger charge is 2.39. The van der Waals surface area contributed by atoms with Crippen LogP contribution in [0.3, 0.4) is 0 Å². The van der Waals surface area contributed by atoms with Crippen molar-refractivity contribution in [1.29, 1.82) is 0 Å². The Kier molecular flexibility index (Phi) is 4.28. The van der Waals surface area contributed by atoms with Crippen LogP contribution in [0, 0.1) is 0 Å². The second-order valence-corrected chi connectivity index (χ2v) is 7.34. The molecule has 138 valence electrons. The Morgan fingerprint density at radius 3 is 2.64 bits per heavy atom. The topological polar surface area (TPSA) is 58.6 Å². The van der Waals surface area contributed by atoms with Gasteiger partial charge in [0.2, 0.25) is 0 Å². The number of alkyl halides is 3. The number of anilines is 1. The van der Waals surface area contributed by atoms with E-state index in [4.69, 9.17) is 4.74 Å². The van der Waals surface area contributed by atoms with Crippen LogP contribution in [0.5, 0.6) is 0 Å². The first-order valence-electron chi connectivity index (χ1n) is 8.22. The number of ether oxygens (including phenoxy) is 1. The van der Waals surface area contributed by atoms with E-state index < -0.39 is 17.5 Å². The fourth-order valence-electron chi connectivity index (χ4n) is 3.14. The predicted octanol–water partition coefficient (Wildman–Crippen LogP) is 2.87. The zero-order chi connectivity index (χ0) is 18.4. The number of carbonyl (C=O) groups is 1. The third kappa shape index (κ3) is 3.80. The lowest BCUT2D eigenvalue weighted by Gasteiger charge is -2.44. The van der Waals surface area contributed by atoms with E-state index in [0.29, 0.717) is 44.0 Å². The van der Waals surface area contributed by atoms with E-state index >= 15 is 0 Å². The van der Waals surface area contributed by atoms with E-state index in [1.54, 1.807) is 4.90 Å². The van der Waals surface area contributed by atoms with Gasteiger partial charge in [0, 0.05) is 25.7 Å². The van der Waals surface area contributed by atoms with Crippen LogP contribution in [-0.2, 0) is 17.3 Å². The lowest BCUT2D eigenvalue weighted by atomic mass is 9.99. The Labute approximate surface area is 144 Å². The molecule has 0 saturated carbocycles. The van der Waals surface area contributed by atoms with Crippen molar-refractivity contribution in [3.05, 3.63) is 17.6 Å². The third-order valence-electron chi connectivity index (χ3n) is 4.23. The SMILES string of the molecule is CC(C)(C)OC(=O)N1CCN2c3ncc(C(F)(F)F)nc3CC[C@@H]2C1. The standard InChI is InChI=1S/C16H21F3N4O2/c1-15(2,3)25-14(24)22-6-7-23-10(9-22)4-5-11-13(23)20-8-12(21-11)16(17,18)19/h8,10H,4-7,9H2,1-3H3/t10-/m1/s1. The van der Waals surface area contributed by atoms with Crippen molar-refractivity contribution in [3.63, 3.8) is 0 Å². The van der Waals surface area contributed by atoms with Crippen molar-refractivity contribution in [2.75, 3.05) is 24.5 Å². The van der Waals surface area contributed by atoms with E-state index in [1.165, 1.54) is 0 Å². The molecule has 3 heterocycles. The number of amides is 1. The van der Waals surface area contributed by atoms with Crippen molar-refractivity contribution < 1.29 is 22.7 Å². The monoisotopic (exact) mass is 358 g/mol. The largest absolute Gasteiger partial charge is 0.444 e. The van der Waals surface area contributed by atoms with Gasteiger partial charge in [0.05, 0.1) is 11.9 Å². The number of hydrogen-bond donors (Lipinski definition) is 0. The maximum Gasteiger partial charge on any atom is 0.434 e. The summed E-state index contributed by atoms with van der Waals surface area (Å²) < 4.78 is 43.8. The van der Waals surface area contributed by atoms with Crippen LogP contribution in [0.1, 0.15) is 38.6 Å². The van der Waals surface area contributed by atoms with E-state index in [9.17, 15) is 18.0 Å². The molecule has 1 aromatic heterocycles. The molecule has 1 aromatic rings. The first kappa shape index (κ1) is 17.8. The number of carbonyl (C=O) groups excluding carboxylic acids is 1. The van der Waals surface area contributed by atoms with Crippen LogP contribution in [-0.4, -0.2) is 52.2 Å². The van der Waals surface area contributed by atoms with Crippen molar-refractivity contribution in [1.82, 2.24) is 14.9 Å². The van der Waals surface area contributed by atoms with Crippen molar-refractivity contribution in [2.45, 2.75) is 51.4 Å². The average molecular weight is 358 g/mol. The number of aryl methyl sites for hydroxylation is 1. The van der Waals surface area contributed by atoms with Crippen LogP contribution >= 0.6 is 0 Å². The molecule has 9 heteroatoms. The van der Waals surface area contributed by atoms with Crippen LogP contribution in [0.25, 0.3) is 0 Å². The molecule has 0 aliphatic carbocycles. The lowest BCUT2D eigenvalue weighted by Crippen LogP contribution is -2.57.